The van der Waals surface area contributed by atoms with E-state index < -0.39 is 11.6 Å². The number of aliphatic hydroxyl groups excluding tert-OH is 1. The largest absolute Gasteiger partial charge is 0.394 e. The Morgan fingerprint density at radius 1 is 1.50 bits per heavy atom. The van der Waals surface area contributed by atoms with E-state index in [4.69, 9.17) is 5.11 Å². The molecule has 2 amide bonds. The summed E-state index contributed by atoms with van der Waals surface area (Å²) in [6, 6.07) is 4.01. The highest BCUT2D eigenvalue weighted by Crippen LogP contribution is 2.22. The number of carbonyl (C=O) groups excluding carboxylic acids is 1. The van der Waals surface area contributed by atoms with Crippen LogP contribution in [0, 0.1) is 5.82 Å². The van der Waals surface area contributed by atoms with Gasteiger partial charge in [0, 0.05) is 10.6 Å². The highest BCUT2D eigenvalue weighted by atomic mass is 32.2. The van der Waals surface area contributed by atoms with Gasteiger partial charge >= 0.3 is 6.03 Å². The number of amides is 2. The lowest BCUT2D eigenvalue weighted by atomic mass is 10.1. The Labute approximate surface area is 110 Å². The van der Waals surface area contributed by atoms with E-state index in [2.05, 4.69) is 10.6 Å². The zero-order chi connectivity index (χ0) is 13.8. The fraction of sp³-hybridized carbons (Fsp3) is 0.417. The van der Waals surface area contributed by atoms with Gasteiger partial charge in [-0.2, -0.15) is 0 Å². The van der Waals surface area contributed by atoms with Gasteiger partial charge in [-0.25, -0.2) is 9.18 Å². The van der Waals surface area contributed by atoms with E-state index in [1.165, 1.54) is 17.8 Å². The van der Waals surface area contributed by atoms with Crippen molar-refractivity contribution in [3.63, 3.8) is 0 Å². The molecule has 0 fully saturated rings. The molecular weight excluding hydrogens is 255 g/mol. The third kappa shape index (κ3) is 4.19. The van der Waals surface area contributed by atoms with Crippen LogP contribution in [0.5, 0.6) is 0 Å². The van der Waals surface area contributed by atoms with Crippen molar-refractivity contribution in [2.45, 2.75) is 24.3 Å². The second kappa shape index (κ2) is 6.06. The number of rotatable bonds is 4. The van der Waals surface area contributed by atoms with E-state index in [1.807, 2.05) is 0 Å². The molecule has 18 heavy (non-hydrogen) atoms. The summed E-state index contributed by atoms with van der Waals surface area (Å²) in [5.74, 6) is -0.373. The van der Waals surface area contributed by atoms with Gasteiger partial charge in [0.05, 0.1) is 12.1 Å². The molecule has 6 heteroatoms. The van der Waals surface area contributed by atoms with E-state index in [0.717, 1.165) is 0 Å². The average molecular weight is 272 g/mol. The average Bonchev–Trinajstić information content (AvgIpc) is 2.28. The molecule has 0 spiro atoms. The first-order valence-electron chi connectivity index (χ1n) is 5.41. The Balaban J connectivity index is 2.68. The van der Waals surface area contributed by atoms with Crippen LogP contribution < -0.4 is 10.6 Å². The molecular formula is C12H17FN2O2S. The maximum absolute atomic E-state index is 13.5. The minimum Gasteiger partial charge on any atom is -0.394 e. The lowest BCUT2D eigenvalue weighted by Crippen LogP contribution is -2.48. The van der Waals surface area contributed by atoms with Crippen molar-refractivity contribution in [2.75, 3.05) is 18.2 Å². The summed E-state index contributed by atoms with van der Waals surface area (Å²) in [6.45, 7) is 3.19. The van der Waals surface area contributed by atoms with Gasteiger partial charge in [0.1, 0.15) is 5.82 Å². The number of thioether (sulfide) groups is 1. The normalized spacial score (nSPS) is 11.2. The van der Waals surface area contributed by atoms with E-state index in [9.17, 15) is 9.18 Å². The highest BCUT2D eigenvalue weighted by molar-refractivity contribution is 7.98. The van der Waals surface area contributed by atoms with Gasteiger partial charge in [-0.3, -0.25) is 0 Å². The van der Waals surface area contributed by atoms with Gasteiger partial charge in [0.25, 0.3) is 0 Å². The molecule has 4 nitrogen and oxygen atoms in total. The van der Waals surface area contributed by atoms with E-state index >= 15 is 0 Å². The van der Waals surface area contributed by atoms with Crippen LogP contribution in [0.4, 0.5) is 14.9 Å². The number of hydrogen-bond acceptors (Lipinski definition) is 3. The van der Waals surface area contributed by atoms with Gasteiger partial charge in [-0.15, -0.1) is 11.8 Å². The fourth-order valence-corrected chi connectivity index (χ4v) is 1.71. The summed E-state index contributed by atoms with van der Waals surface area (Å²) in [4.78, 5) is 12.1. The third-order valence-electron chi connectivity index (χ3n) is 2.26. The lowest BCUT2D eigenvalue weighted by molar-refractivity contribution is 0.187. The summed E-state index contributed by atoms with van der Waals surface area (Å²) >= 11 is 1.30. The molecule has 0 heterocycles. The first-order chi connectivity index (χ1) is 8.38. The predicted octanol–water partition coefficient (Wildman–Crippen LogP) is 2.44. The lowest BCUT2D eigenvalue weighted by Gasteiger charge is -2.23. The van der Waals surface area contributed by atoms with Crippen molar-refractivity contribution in [1.82, 2.24) is 5.32 Å². The molecule has 0 saturated heterocycles. The van der Waals surface area contributed by atoms with Crippen molar-refractivity contribution in [3.05, 3.63) is 24.0 Å². The van der Waals surface area contributed by atoms with Crippen molar-refractivity contribution in [3.8, 4) is 0 Å². The highest BCUT2D eigenvalue weighted by Gasteiger charge is 2.19. The molecule has 1 aromatic rings. The molecule has 0 unspecified atom stereocenters. The molecule has 3 N–H and O–H groups in total. The van der Waals surface area contributed by atoms with Gasteiger partial charge in [-0.05, 0) is 38.3 Å². The van der Waals surface area contributed by atoms with Crippen LogP contribution in [-0.4, -0.2) is 29.5 Å². The molecule has 0 aromatic heterocycles. The molecule has 0 radical (unpaired) electrons. The zero-order valence-electron chi connectivity index (χ0n) is 10.6. The zero-order valence-corrected chi connectivity index (χ0v) is 11.4. The van der Waals surface area contributed by atoms with E-state index in [0.29, 0.717) is 10.6 Å². The Kier molecular flexibility index (Phi) is 4.98. The predicted molar refractivity (Wildman–Crippen MR) is 71.5 cm³/mol. The monoisotopic (exact) mass is 272 g/mol. The van der Waals surface area contributed by atoms with Crippen LogP contribution in [0.2, 0.25) is 0 Å². The van der Waals surface area contributed by atoms with Crippen LogP contribution in [0.3, 0.4) is 0 Å². The summed E-state index contributed by atoms with van der Waals surface area (Å²) in [7, 11) is 0. The number of carbonyl (C=O) groups is 1. The smallest absolute Gasteiger partial charge is 0.319 e. The summed E-state index contributed by atoms with van der Waals surface area (Å²) in [5, 5.41) is 14.1. The SMILES string of the molecule is CSc1ccc(NC(=O)NC(C)(C)CO)cc1F. The Hall–Kier alpha value is -1.27. The summed E-state index contributed by atoms with van der Waals surface area (Å²) in [5.41, 5.74) is -0.349. The van der Waals surface area contributed by atoms with Crippen molar-refractivity contribution in [2.24, 2.45) is 0 Å². The molecule has 1 rings (SSSR count). The topological polar surface area (TPSA) is 61.4 Å². The van der Waals surface area contributed by atoms with E-state index in [-0.39, 0.29) is 12.4 Å². The van der Waals surface area contributed by atoms with Crippen LogP contribution in [0.15, 0.2) is 23.1 Å². The van der Waals surface area contributed by atoms with Crippen molar-refractivity contribution < 1.29 is 14.3 Å². The van der Waals surface area contributed by atoms with E-state index in [1.54, 1.807) is 32.2 Å². The van der Waals surface area contributed by atoms with Gasteiger partial charge < -0.3 is 15.7 Å². The number of halogens is 1. The number of urea groups is 1. The first-order valence-corrected chi connectivity index (χ1v) is 6.64. The minimum absolute atomic E-state index is 0.180. The maximum atomic E-state index is 13.5. The molecule has 0 aliphatic rings. The molecule has 0 atom stereocenters. The number of anilines is 1. The summed E-state index contributed by atoms with van der Waals surface area (Å²) < 4.78 is 13.5. The van der Waals surface area contributed by atoms with Gasteiger partial charge in [-0.1, -0.05) is 0 Å². The number of hydrogen-bond donors (Lipinski definition) is 3. The third-order valence-corrected chi connectivity index (χ3v) is 3.03. The molecule has 0 aliphatic heterocycles. The second-order valence-corrected chi connectivity index (χ2v) is 5.32. The van der Waals surface area contributed by atoms with Crippen molar-refractivity contribution >= 4 is 23.5 Å². The van der Waals surface area contributed by atoms with Crippen LogP contribution in [0.25, 0.3) is 0 Å². The Bertz CT molecular complexity index is 438. The van der Waals surface area contributed by atoms with Crippen LogP contribution in [-0.2, 0) is 0 Å². The van der Waals surface area contributed by atoms with Crippen molar-refractivity contribution in [1.29, 1.82) is 0 Å². The standard InChI is InChI=1S/C12H17FN2O2S/c1-12(2,7-16)15-11(17)14-8-4-5-10(18-3)9(13)6-8/h4-6,16H,7H2,1-3H3,(H2,14,15,17). The fourth-order valence-electron chi connectivity index (χ4n) is 1.25. The molecule has 0 saturated carbocycles. The second-order valence-electron chi connectivity index (χ2n) is 4.47. The Morgan fingerprint density at radius 3 is 2.67 bits per heavy atom. The number of benzene rings is 1. The Morgan fingerprint density at radius 2 is 2.17 bits per heavy atom. The number of aliphatic hydroxyl groups is 1. The van der Waals surface area contributed by atoms with Crippen LogP contribution in [0.1, 0.15) is 13.8 Å². The molecule has 0 aliphatic carbocycles. The first kappa shape index (κ1) is 14.8. The van der Waals surface area contributed by atoms with Crippen LogP contribution >= 0.6 is 11.8 Å². The molecule has 1 aromatic carbocycles. The van der Waals surface area contributed by atoms with Gasteiger partial charge in [0.2, 0.25) is 0 Å². The molecule has 100 valence electrons. The van der Waals surface area contributed by atoms with Gasteiger partial charge in [0.15, 0.2) is 0 Å². The quantitative estimate of drug-likeness (QED) is 0.738. The minimum atomic E-state index is -0.720. The number of nitrogens with one attached hydrogen (secondary N) is 2. The maximum Gasteiger partial charge on any atom is 0.319 e. The molecule has 0 bridgehead atoms. The summed E-state index contributed by atoms with van der Waals surface area (Å²) in [6.07, 6.45) is 1.78.